The molecule has 0 saturated heterocycles. The van der Waals surface area contributed by atoms with Gasteiger partial charge in [0.15, 0.2) is 0 Å². The van der Waals surface area contributed by atoms with Crippen molar-refractivity contribution in [3.05, 3.63) is 59.4 Å². The number of nitrogens with zero attached hydrogens (tertiary/aromatic N) is 6. The average Bonchev–Trinajstić information content (AvgIpc) is 3.31. The number of aliphatic hydroxyl groups excluding tert-OH is 1. The van der Waals surface area contributed by atoms with Gasteiger partial charge in [0.25, 0.3) is 0 Å². The molecule has 1 unspecified atom stereocenters. The molecule has 8 heteroatoms. The van der Waals surface area contributed by atoms with Gasteiger partial charge in [-0.05, 0) is 30.7 Å². The standard InChI is InChI=1S/C19H24N6O2/c1-14(26)18-8-17-11-23(5-6-25(17)22-18)9-15-3-4-19(27-2)16(7-15)10-24-13-20-12-21-24/h3-4,7-8,12-14,26H,5-6,9-11H2,1-2H3. The van der Waals surface area contributed by atoms with Gasteiger partial charge in [0.2, 0.25) is 0 Å². The molecule has 0 fully saturated rings. The highest BCUT2D eigenvalue weighted by atomic mass is 16.5. The third-order valence-corrected chi connectivity index (χ3v) is 4.87. The van der Waals surface area contributed by atoms with Gasteiger partial charge in [-0.2, -0.15) is 10.2 Å². The number of aliphatic hydroxyl groups is 1. The zero-order valence-corrected chi connectivity index (χ0v) is 15.6. The van der Waals surface area contributed by atoms with Gasteiger partial charge in [-0.3, -0.25) is 9.58 Å². The second-order valence-corrected chi connectivity index (χ2v) is 6.91. The van der Waals surface area contributed by atoms with Crippen molar-refractivity contribution in [2.75, 3.05) is 13.7 Å². The highest BCUT2D eigenvalue weighted by Gasteiger charge is 2.20. The summed E-state index contributed by atoms with van der Waals surface area (Å²) in [7, 11) is 1.69. The van der Waals surface area contributed by atoms with Gasteiger partial charge in [0.05, 0.1) is 37.7 Å². The van der Waals surface area contributed by atoms with E-state index in [9.17, 15) is 5.11 Å². The summed E-state index contributed by atoms with van der Waals surface area (Å²) >= 11 is 0. The van der Waals surface area contributed by atoms with Crippen molar-refractivity contribution in [1.82, 2.24) is 29.4 Å². The minimum absolute atomic E-state index is 0.530. The number of hydrogen-bond donors (Lipinski definition) is 1. The van der Waals surface area contributed by atoms with Gasteiger partial charge >= 0.3 is 0 Å². The lowest BCUT2D eigenvalue weighted by Crippen LogP contribution is -2.33. The predicted molar refractivity (Wildman–Crippen MR) is 99.1 cm³/mol. The Morgan fingerprint density at radius 2 is 2.11 bits per heavy atom. The Hall–Kier alpha value is -2.71. The first-order chi connectivity index (χ1) is 13.1. The lowest BCUT2D eigenvalue weighted by atomic mass is 10.1. The summed E-state index contributed by atoms with van der Waals surface area (Å²) in [6, 6.07) is 8.30. The van der Waals surface area contributed by atoms with Crippen LogP contribution in [0.3, 0.4) is 0 Å². The summed E-state index contributed by atoms with van der Waals surface area (Å²) < 4.78 is 9.29. The lowest BCUT2D eigenvalue weighted by molar-refractivity contribution is 0.189. The molecule has 142 valence electrons. The maximum atomic E-state index is 9.75. The van der Waals surface area contributed by atoms with Crippen LogP contribution in [-0.4, -0.2) is 48.2 Å². The van der Waals surface area contributed by atoms with Gasteiger partial charge in [-0.15, -0.1) is 0 Å². The highest BCUT2D eigenvalue weighted by molar-refractivity contribution is 5.37. The normalized spacial score (nSPS) is 15.5. The van der Waals surface area contributed by atoms with E-state index in [-0.39, 0.29) is 0 Å². The van der Waals surface area contributed by atoms with Crippen LogP contribution in [0.5, 0.6) is 5.75 Å². The fourth-order valence-corrected chi connectivity index (χ4v) is 3.48. The first-order valence-corrected chi connectivity index (χ1v) is 9.07. The molecular weight excluding hydrogens is 344 g/mol. The maximum absolute atomic E-state index is 9.75. The van der Waals surface area contributed by atoms with E-state index < -0.39 is 6.10 Å². The fraction of sp³-hybridized carbons (Fsp3) is 0.421. The van der Waals surface area contributed by atoms with Crippen molar-refractivity contribution in [2.24, 2.45) is 0 Å². The van der Waals surface area contributed by atoms with Crippen molar-refractivity contribution in [3.8, 4) is 5.75 Å². The van der Waals surface area contributed by atoms with Crippen LogP contribution < -0.4 is 4.74 Å². The predicted octanol–water partition coefficient (Wildman–Crippen LogP) is 1.60. The number of aromatic nitrogens is 5. The van der Waals surface area contributed by atoms with Crippen molar-refractivity contribution in [2.45, 2.75) is 39.2 Å². The quantitative estimate of drug-likeness (QED) is 0.712. The molecule has 3 aromatic rings. The molecule has 0 bridgehead atoms. The molecule has 8 nitrogen and oxygen atoms in total. The largest absolute Gasteiger partial charge is 0.496 e. The van der Waals surface area contributed by atoms with E-state index in [0.29, 0.717) is 6.54 Å². The summed E-state index contributed by atoms with van der Waals surface area (Å²) in [6.45, 7) is 5.82. The van der Waals surface area contributed by atoms with Gasteiger partial charge in [0.1, 0.15) is 18.4 Å². The summed E-state index contributed by atoms with van der Waals surface area (Å²) in [4.78, 5) is 6.40. The highest BCUT2D eigenvalue weighted by Crippen LogP contribution is 2.23. The van der Waals surface area contributed by atoms with Gasteiger partial charge in [-0.25, -0.2) is 9.67 Å². The van der Waals surface area contributed by atoms with E-state index in [1.807, 2.05) is 16.8 Å². The summed E-state index contributed by atoms with van der Waals surface area (Å²) in [5, 5.41) is 18.4. The van der Waals surface area contributed by atoms with Crippen molar-refractivity contribution in [1.29, 1.82) is 0 Å². The SMILES string of the molecule is COc1ccc(CN2CCn3nc(C(C)O)cc3C2)cc1Cn1cncn1. The van der Waals surface area contributed by atoms with Gasteiger partial charge in [0, 0.05) is 25.2 Å². The van der Waals surface area contributed by atoms with E-state index >= 15 is 0 Å². The van der Waals surface area contributed by atoms with Crippen molar-refractivity contribution < 1.29 is 9.84 Å². The molecule has 3 heterocycles. The first-order valence-electron chi connectivity index (χ1n) is 9.07. The Bertz CT molecular complexity index is 903. The molecule has 1 aliphatic rings. The van der Waals surface area contributed by atoms with E-state index in [2.05, 4.69) is 32.2 Å². The summed E-state index contributed by atoms with van der Waals surface area (Å²) in [5.74, 6) is 0.854. The van der Waals surface area contributed by atoms with Gasteiger partial charge in [-0.1, -0.05) is 6.07 Å². The van der Waals surface area contributed by atoms with Gasteiger partial charge < -0.3 is 9.84 Å². The number of ether oxygens (including phenoxy) is 1. The van der Waals surface area contributed by atoms with Crippen LogP contribution in [0.4, 0.5) is 0 Å². The van der Waals surface area contributed by atoms with Crippen molar-refractivity contribution >= 4 is 0 Å². The number of methoxy groups -OCH3 is 1. The maximum Gasteiger partial charge on any atom is 0.137 e. The van der Waals surface area contributed by atoms with Crippen LogP contribution in [0.25, 0.3) is 0 Å². The molecule has 0 spiro atoms. The molecule has 4 rings (SSSR count). The summed E-state index contributed by atoms with van der Waals surface area (Å²) in [6.07, 6.45) is 2.71. The zero-order chi connectivity index (χ0) is 18.8. The number of hydrogen-bond acceptors (Lipinski definition) is 6. The molecule has 0 radical (unpaired) electrons. The van der Waals surface area contributed by atoms with E-state index in [1.54, 1.807) is 25.0 Å². The number of rotatable bonds is 6. The molecule has 2 aromatic heterocycles. The Kier molecular flexibility index (Phi) is 4.91. The molecule has 27 heavy (non-hydrogen) atoms. The van der Waals surface area contributed by atoms with Crippen LogP contribution in [0.2, 0.25) is 0 Å². The van der Waals surface area contributed by atoms with E-state index in [0.717, 1.165) is 48.9 Å². The average molecular weight is 368 g/mol. The Morgan fingerprint density at radius 3 is 2.85 bits per heavy atom. The zero-order valence-electron chi connectivity index (χ0n) is 15.6. The fourth-order valence-electron chi connectivity index (χ4n) is 3.48. The minimum Gasteiger partial charge on any atom is -0.496 e. The molecule has 1 aromatic carbocycles. The second-order valence-electron chi connectivity index (χ2n) is 6.91. The molecule has 0 amide bonds. The van der Waals surface area contributed by atoms with E-state index in [1.165, 1.54) is 11.9 Å². The third kappa shape index (κ3) is 3.86. The monoisotopic (exact) mass is 368 g/mol. The molecule has 1 aliphatic heterocycles. The smallest absolute Gasteiger partial charge is 0.137 e. The molecule has 0 aliphatic carbocycles. The van der Waals surface area contributed by atoms with E-state index in [4.69, 9.17) is 4.74 Å². The van der Waals surface area contributed by atoms with Crippen LogP contribution in [0, 0.1) is 0 Å². The van der Waals surface area contributed by atoms with Crippen LogP contribution in [0.1, 0.15) is 35.5 Å². The van der Waals surface area contributed by atoms with Crippen LogP contribution in [-0.2, 0) is 26.2 Å². The topological polar surface area (TPSA) is 81.2 Å². The molecule has 1 N–H and O–H groups in total. The Labute approximate surface area is 158 Å². The Morgan fingerprint density at radius 1 is 1.22 bits per heavy atom. The first kappa shape index (κ1) is 17.7. The summed E-state index contributed by atoms with van der Waals surface area (Å²) in [5.41, 5.74) is 4.20. The van der Waals surface area contributed by atoms with Crippen molar-refractivity contribution in [3.63, 3.8) is 0 Å². The lowest BCUT2D eigenvalue weighted by Gasteiger charge is -2.27. The molecule has 0 saturated carbocycles. The number of benzene rings is 1. The second kappa shape index (κ2) is 7.50. The number of fused-ring (bicyclic) bond motifs is 1. The van der Waals surface area contributed by atoms with Crippen LogP contribution >= 0.6 is 0 Å². The molecule has 1 atom stereocenters. The minimum atomic E-state index is -0.530. The molecular formula is C19H24N6O2. The van der Waals surface area contributed by atoms with Crippen LogP contribution in [0.15, 0.2) is 36.9 Å². The third-order valence-electron chi connectivity index (χ3n) is 4.87. The Balaban J connectivity index is 1.49.